The van der Waals surface area contributed by atoms with E-state index >= 15 is 0 Å². The van der Waals surface area contributed by atoms with Crippen LogP contribution in [0.1, 0.15) is 0 Å². The van der Waals surface area contributed by atoms with Crippen molar-refractivity contribution in [3.8, 4) is 0 Å². The maximum absolute atomic E-state index is 2.16. The van der Waals surface area contributed by atoms with Gasteiger partial charge in [-0.2, -0.15) is 0 Å². The van der Waals surface area contributed by atoms with E-state index in [1.54, 1.807) is 0 Å². The fourth-order valence-corrected chi connectivity index (χ4v) is 1.87. The Kier molecular flexibility index (Phi) is 8.07. The topological polar surface area (TPSA) is 14.2 Å². The molecule has 0 N–H and O–H groups in total. The first kappa shape index (κ1) is 19.5. The first-order valence-electron chi connectivity index (χ1n) is 6.39. The van der Waals surface area contributed by atoms with Crippen LogP contribution in [-0.2, 0) is 6.67 Å². The lowest BCUT2D eigenvalue weighted by atomic mass is 10.4. The summed E-state index contributed by atoms with van der Waals surface area (Å²) < 4.78 is 4.31. The Morgan fingerprint density at radius 2 is 0.952 bits per heavy atom. The van der Waals surface area contributed by atoms with Gasteiger partial charge in [-0.3, -0.25) is 0 Å². The van der Waals surface area contributed by atoms with Gasteiger partial charge < -0.3 is 34.6 Å². The highest BCUT2D eigenvalue weighted by Gasteiger charge is 2.08. The second-order valence-corrected chi connectivity index (χ2v) is 5.07. The molecule has 2 heterocycles. The third-order valence-corrected chi connectivity index (χ3v) is 3.11. The molecule has 4 nitrogen and oxygen atoms in total. The lowest BCUT2D eigenvalue weighted by molar-refractivity contribution is -0.913. The fraction of sp³-hybridized carbons (Fsp3) is 0.333. The van der Waals surface area contributed by atoms with Gasteiger partial charge in [0, 0.05) is 63.8 Å². The number of anilines is 2. The minimum absolute atomic E-state index is 0. The zero-order valence-corrected chi connectivity index (χ0v) is 14.4. The van der Waals surface area contributed by atoms with Gasteiger partial charge in [0.05, 0.1) is 0 Å². The number of aromatic nitrogens is 2. The van der Waals surface area contributed by atoms with E-state index in [-0.39, 0.29) is 24.8 Å². The summed E-state index contributed by atoms with van der Waals surface area (Å²) >= 11 is 0. The summed E-state index contributed by atoms with van der Waals surface area (Å²) in [6, 6.07) is 8.48. The summed E-state index contributed by atoms with van der Waals surface area (Å²) in [4.78, 5) is 4.20. The average Bonchev–Trinajstić information content (AvgIpc) is 2.40. The Morgan fingerprint density at radius 3 is 1.19 bits per heavy atom. The molecule has 0 aliphatic rings. The molecule has 0 spiro atoms. The van der Waals surface area contributed by atoms with Gasteiger partial charge in [-0.1, -0.05) is 0 Å². The van der Waals surface area contributed by atoms with E-state index in [1.807, 2.05) is 28.2 Å². The number of hydrogen-bond acceptors (Lipinski definition) is 2. The van der Waals surface area contributed by atoms with E-state index < -0.39 is 0 Å². The molecule has 2 aromatic heterocycles. The van der Waals surface area contributed by atoms with Crippen molar-refractivity contribution in [2.45, 2.75) is 6.67 Å². The van der Waals surface area contributed by atoms with Crippen molar-refractivity contribution in [2.24, 2.45) is 0 Å². The zero-order chi connectivity index (χ0) is 13.8. The smallest absolute Gasteiger partial charge is 0.343 e. The molecule has 0 aliphatic carbocycles. The van der Waals surface area contributed by atoms with Crippen LogP contribution < -0.4 is 43.7 Å². The van der Waals surface area contributed by atoms with Crippen LogP contribution in [0.25, 0.3) is 0 Å². The molecule has 116 valence electrons. The first-order chi connectivity index (χ1) is 9.06. The van der Waals surface area contributed by atoms with E-state index in [9.17, 15) is 0 Å². The predicted octanol–water partition coefficient (Wildman–Crippen LogP) is -5.09. The van der Waals surface area contributed by atoms with Crippen molar-refractivity contribution in [3.05, 3.63) is 49.1 Å². The normalized spacial score (nSPS) is 9.33. The zero-order valence-electron chi connectivity index (χ0n) is 12.9. The highest BCUT2D eigenvalue weighted by Crippen LogP contribution is 2.06. The summed E-state index contributed by atoms with van der Waals surface area (Å²) in [5.41, 5.74) is 2.42. The van der Waals surface area contributed by atoms with Gasteiger partial charge in [-0.15, -0.1) is 9.13 Å². The minimum atomic E-state index is 0. The minimum Gasteiger partial charge on any atom is -1.00 e. The molecule has 21 heavy (non-hydrogen) atoms. The number of rotatable bonds is 4. The summed E-state index contributed by atoms with van der Waals surface area (Å²) in [5.74, 6) is 0. The number of hydrogen-bond donors (Lipinski definition) is 0. The highest BCUT2D eigenvalue weighted by molar-refractivity contribution is 5.42. The maximum atomic E-state index is 2.16. The molecule has 0 amide bonds. The van der Waals surface area contributed by atoms with Crippen LogP contribution >= 0.6 is 0 Å². The standard InChI is InChI=1S/C15H22N4.2ClH/c1-16(2)14-5-9-18(10-6-14)13-19-11-7-15(8-12-19)17(3)4;;/h5-12H,13H2,1-4H3;2*1H/q+2;;/p-2. The summed E-state index contributed by atoms with van der Waals surface area (Å²) in [5, 5.41) is 0. The van der Waals surface area contributed by atoms with E-state index in [4.69, 9.17) is 0 Å². The van der Waals surface area contributed by atoms with Crippen LogP contribution in [0.15, 0.2) is 49.1 Å². The number of nitrogens with zero attached hydrogens (tertiary/aromatic N) is 4. The largest absolute Gasteiger partial charge is 1.00 e. The van der Waals surface area contributed by atoms with Gasteiger partial charge in [-0.05, 0) is 0 Å². The molecule has 0 saturated carbocycles. The van der Waals surface area contributed by atoms with E-state index in [2.05, 4.69) is 68.0 Å². The quantitative estimate of drug-likeness (QED) is 0.521. The molecule has 0 aliphatic heterocycles. The van der Waals surface area contributed by atoms with Crippen molar-refractivity contribution < 1.29 is 33.9 Å². The van der Waals surface area contributed by atoms with Crippen molar-refractivity contribution in [3.63, 3.8) is 0 Å². The molecule has 0 unspecified atom stereocenters. The van der Waals surface area contributed by atoms with Gasteiger partial charge in [0.25, 0.3) is 0 Å². The summed E-state index contributed by atoms with van der Waals surface area (Å²) in [7, 11) is 8.20. The van der Waals surface area contributed by atoms with E-state index in [1.165, 1.54) is 11.4 Å². The van der Waals surface area contributed by atoms with Crippen LogP contribution in [-0.4, -0.2) is 28.2 Å². The SMILES string of the molecule is CN(C)c1cc[n+](C[n+]2ccc(N(C)C)cc2)cc1.[Cl-].[Cl-]. The molecule has 0 atom stereocenters. The van der Waals surface area contributed by atoms with Crippen molar-refractivity contribution in [2.75, 3.05) is 38.0 Å². The Balaban J connectivity index is 0.00000200. The molecule has 0 radical (unpaired) electrons. The lowest BCUT2D eigenvalue weighted by Crippen LogP contribution is -3.00. The van der Waals surface area contributed by atoms with Crippen LogP contribution in [0.4, 0.5) is 11.4 Å². The first-order valence-corrected chi connectivity index (χ1v) is 6.39. The molecule has 0 saturated heterocycles. The van der Waals surface area contributed by atoms with E-state index in [0.29, 0.717) is 0 Å². The molecular weight excluding hydrogens is 307 g/mol. The van der Waals surface area contributed by atoms with Crippen molar-refractivity contribution in [1.82, 2.24) is 0 Å². The Bertz CT molecular complexity index is 475. The van der Waals surface area contributed by atoms with Crippen LogP contribution in [0, 0.1) is 0 Å². The summed E-state index contributed by atoms with van der Waals surface area (Å²) in [6.07, 6.45) is 8.40. The number of halogens is 2. The second kappa shape index (κ2) is 8.70. The Morgan fingerprint density at radius 1 is 0.667 bits per heavy atom. The van der Waals surface area contributed by atoms with E-state index in [0.717, 1.165) is 6.67 Å². The van der Waals surface area contributed by atoms with Gasteiger partial charge in [0.1, 0.15) is 0 Å². The van der Waals surface area contributed by atoms with Gasteiger partial charge in [-0.25, -0.2) is 0 Å². The molecular formula is C15H22Cl2N4. The highest BCUT2D eigenvalue weighted by atomic mass is 35.5. The molecule has 0 fully saturated rings. The van der Waals surface area contributed by atoms with Crippen LogP contribution in [0.3, 0.4) is 0 Å². The third-order valence-electron chi connectivity index (χ3n) is 3.11. The maximum Gasteiger partial charge on any atom is 0.343 e. The van der Waals surface area contributed by atoms with Crippen molar-refractivity contribution >= 4 is 11.4 Å². The summed E-state index contributed by atoms with van der Waals surface area (Å²) in [6.45, 7) is 0.821. The van der Waals surface area contributed by atoms with Crippen molar-refractivity contribution in [1.29, 1.82) is 0 Å². The molecule has 0 bridgehead atoms. The number of pyridine rings is 2. The molecule has 6 heteroatoms. The molecule has 2 rings (SSSR count). The van der Waals surface area contributed by atoms with Crippen LogP contribution in [0.5, 0.6) is 0 Å². The van der Waals surface area contributed by atoms with Gasteiger partial charge in [0.2, 0.25) is 0 Å². The monoisotopic (exact) mass is 328 g/mol. The lowest BCUT2D eigenvalue weighted by Gasteiger charge is -2.10. The average molecular weight is 329 g/mol. The van der Waals surface area contributed by atoms with Crippen LogP contribution in [0.2, 0.25) is 0 Å². The Labute approximate surface area is 139 Å². The molecule has 2 aromatic rings. The van der Waals surface area contributed by atoms with Gasteiger partial charge >= 0.3 is 6.67 Å². The fourth-order valence-electron chi connectivity index (χ4n) is 1.87. The second-order valence-electron chi connectivity index (χ2n) is 5.07. The molecule has 0 aromatic carbocycles. The Hall–Kier alpha value is -1.52. The van der Waals surface area contributed by atoms with Gasteiger partial charge in [0.15, 0.2) is 24.8 Å². The predicted molar refractivity (Wildman–Crippen MR) is 77.3 cm³/mol. The third kappa shape index (κ3) is 5.40.